The number of hydrogen-bond acceptors (Lipinski definition) is 7. The van der Waals surface area contributed by atoms with Crippen LogP contribution in [-0.4, -0.2) is 35.1 Å². The zero-order chi connectivity index (χ0) is 21.3. The van der Waals surface area contributed by atoms with Gasteiger partial charge in [0, 0.05) is 31.4 Å². The van der Waals surface area contributed by atoms with Gasteiger partial charge in [-0.25, -0.2) is 4.98 Å². The molecule has 0 fully saturated rings. The van der Waals surface area contributed by atoms with Crippen LogP contribution in [0.5, 0.6) is 0 Å². The maximum Gasteiger partial charge on any atom is 0.259 e. The van der Waals surface area contributed by atoms with Crippen molar-refractivity contribution in [3.05, 3.63) is 41.3 Å². The summed E-state index contributed by atoms with van der Waals surface area (Å²) in [4.78, 5) is 29.6. The number of hydrogen-bond donors (Lipinski definition) is 1. The molecule has 30 heavy (non-hydrogen) atoms. The lowest BCUT2D eigenvalue weighted by Gasteiger charge is -2.21. The molecule has 1 amide bonds. The number of benzene rings is 1. The van der Waals surface area contributed by atoms with Crippen LogP contribution in [0.1, 0.15) is 59.6 Å². The van der Waals surface area contributed by atoms with E-state index in [2.05, 4.69) is 24.1 Å². The third-order valence-corrected chi connectivity index (χ3v) is 7.47. The van der Waals surface area contributed by atoms with Gasteiger partial charge in [-0.15, -0.1) is 11.3 Å². The number of methoxy groups -OCH3 is 1. The summed E-state index contributed by atoms with van der Waals surface area (Å²) in [5.41, 5.74) is 2.19. The van der Waals surface area contributed by atoms with Gasteiger partial charge >= 0.3 is 0 Å². The molecule has 3 aromatic rings. The standard InChI is InChI=1S/C22H24N2O4S2/c1-22(2,27-3)9-10-29-21-24-15-8-7-13(11-18(15)30-21)23-20(26)14-12-28-17-6-4-5-16(25)19(14)17/h7-8,11-12H,4-6,9-10H2,1-3H3,(H,23,26). The first-order chi connectivity index (χ1) is 14.4. The van der Waals surface area contributed by atoms with Crippen molar-refractivity contribution in [2.75, 3.05) is 18.2 Å². The van der Waals surface area contributed by atoms with E-state index in [1.807, 2.05) is 18.2 Å². The van der Waals surface area contributed by atoms with Gasteiger partial charge in [0.2, 0.25) is 0 Å². The molecule has 0 atom stereocenters. The number of ketones is 1. The number of carbonyl (C=O) groups excluding carboxylic acids is 2. The van der Waals surface area contributed by atoms with Crippen LogP contribution in [0.2, 0.25) is 0 Å². The van der Waals surface area contributed by atoms with Gasteiger partial charge in [-0.2, -0.15) is 0 Å². The summed E-state index contributed by atoms with van der Waals surface area (Å²) in [5.74, 6) is 1.19. The highest BCUT2D eigenvalue weighted by Gasteiger charge is 2.28. The van der Waals surface area contributed by atoms with Crippen molar-refractivity contribution in [3.8, 4) is 0 Å². The summed E-state index contributed by atoms with van der Waals surface area (Å²) in [6, 6.07) is 5.65. The number of anilines is 1. The number of rotatable bonds is 7. The third kappa shape index (κ3) is 4.45. The van der Waals surface area contributed by atoms with E-state index in [0.717, 1.165) is 33.2 Å². The monoisotopic (exact) mass is 444 g/mol. The minimum Gasteiger partial charge on any atom is -0.468 e. The highest BCUT2D eigenvalue weighted by Crippen LogP contribution is 2.33. The van der Waals surface area contributed by atoms with Crippen LogP contribution in [0.25, 0.3) is 10.2 Å². The van der Waals surface area contributed by atoms with Crippen molar-refractivity contribution in [3.63, 3.8) is 0 Å². The van der Waals surface area contributed by atoms with Gasteiger partial charge in [0.1, 0.15) is 12.0 Å². The van der Waals surface area contributed by atoms with Crippen molar-refractivity contribution < 1.29 is 18.7 Å². The van der Waals surface area contributed by atoms with E-state index >= 15 is 0 Å². The zero-order valence-corrected chi connectivity index (χ0v) is 18.9. The van der Waals surface area contributed by atoms with E-state index in [9.17, 15) is 9.59 Å². The highest BCUT2D eigenvalue weighted by molar-refractivity contribution is 8.01. The normalized spacial score (nSPS) is 14.2. The predicted molar refractivity (Wildman–Crippen MR) is 120 cm³/mol. The molecule has 2 heterocycles. The number of carbonyl (C=O) groups is 2. The Hall–Kier alpha value is -2.16. The van der Waals surface area contributed by atoms with E-state index in [1.54, 1.807) is 30.2 Å². The number of nitrogens with zero attached hydrogens (tertiary/aromatic N) is 1. The molecule has 1 N–H and O–H groups in total. The second kappa shape index (κ2) is 8.53. The maximum absolute atomic E-state index is 12.7. The molecule has 0 saturated heterocycles. The Kier molecular flexibility index (Phi) is 5.99. The number of amides is 1. The molecule has 0 aliphatic heterocycles. The first-order valence-corrected chi connectivity index (χ1v) is 11.7. The Balaban J connectivity index is 1.46. The maximum atomic E-state index is 12.7. The average molecular weight is 445 g/mol. The van der Waals surface area contributed by atoms with Crippen LogP contribution in [0.4, 0.5) is 5.69 Å². The van der Waals surface area contributed by atoms with Gasteiger partial charge in [-0.3, -0.25) is 9.59 Å². The van der Waals surface area contributed by atoms with Crippen LogP contribution in [0.3, 0.4) is 0 Å². The number of nitrogens with one attached hydrogen (secondary N) is 1. The molecule has 0 saturated carbocycles. The van der Waals surface area contributed by atoms with Crippen molar-refractivity contribution >= 4 is 50.7 Å². The van der Waals surface area contributed by atoms with Crippen molar-refractivity contribution in [2.45, 2.75) is 49.5 Å². The fourth-order valence-corrected chi connectivity index (χ4v) is 5.74. The molecular formula is C22H24N2O4S2. The summed E-state index contributed by atoms with van der Waals surface area (Å²) in [6.45, 7) is 4.15. The molecule has 0 spiro atoms. The van der Waals surface area contributed by atoms with E-state index in [1.165, 1.54) is 6.26 Å². The number of furan rings is 1. The van der Waals surface area contributed by atoms with Gasteiger partial charge in [-0.05, 0) is 44.9 Å². The van der Waals surface area contributed by atoms with Crippen LogP contribution < -0.4 is 5.32 Å². The molecule has 8 heteroatoms. The summed E-state index contributed by atoms with van der Waals surface area (Å²) < 4.78 is 12.9. The number of thiazole rings is 1. The van der Waals surface area contributed by atoms with E-state index in [-0.39, 0.29) is 17.3 Å². The van der Waals surface area contributed by atoms with Gasteiger partial charge in [0.15, 0.2) is 10.1 Å². The molecule has 2 aromatic heterocycles. The second-order valence-electron chi connectivity index (χ2n) is 7.90. The Morgan fingerprint density at radius 2 is 2.20 bits per heavy atom. The number of Topliss-reactive ketones (excluding diaryl/α,β-unsaturated/α-hetero) is 1. The first-order valence-electron chi connectivity index (χ1n) is 9.90. The van der Waals surface area contributed by atoms with Gasteiger partial charge in [0.25, 0.3) is 5.91 Å². The first kappa shape index (κ1) is 21.1. The summed E-state index contributed by atoms with van der Waals surface area (Å²) in [7, 11) is 1.73. The van der Waals surface area contributed by atoms with Gasteiger partial charge < -0.3 is 14.5 Å². The van der Waals surface area contributed by atoms with Crippen LogP contribution in [0, 0.1) is 0 Å². The molecule has 158 valence electrons. The van der Waals surface area contributed by atoms with Gasteiger partial charge in [0.05, 0.1) is 26.9 Å². The van der Waals surface area contributed by atoms with E-state index in [4.69, 9.17) is 9.15 Å². The van der Waals surface area contributed by atoms with Crippen molar-refractivity contribution in [2.24, 2.45) is 0 Å². The zero-order valence-electron chi connectivity index (χ0n) is 17.2. The Bertz CT molecular complexity index is 1100. The molecule has 0 bridgehead atoms. The van der Waals surface area contributed by atoms with Crippen molar-refractivity contribution in [1.82, 2.24) is 4.98 Å². The predicted octanol–water partition coefficient (Wildman–Crippen LogP) is 5.57. The summed E-state index contributed by atoms with van der Waals surface area (Å²) >= 11 is 3.32. The van der Waals surface area contributed by atoms with E-state index in [0.29, 0.717) is 35.4 Å². The molecule has 1 aliphatic carbocycles. The third-order valence-electron chi connectivity index (χ3n) is 5.31. The Labute approximate surface area is 183 Å². The fourth-order valence-electron chi connectivity index (χ4n) is 3.32. The average Bonchev–Trinajstić information content (AvgIpc) is 3.32. The smallest absolute Gasteiger partial charge is 0.259 e. The van der Waals surface area contributed by atoms with Crippen molar-refractivity contribution in [1.29, 1.82) is 0 Å². The SMILES string of the molecule is COC(C)(C)CCSc1nc2ccc(NC(=O)c3coc4c3C(=O)CCC4)cc2s1. The van der Waals surface area contributed by atoms with E-state index < -0.39 is 0 Å². The number of ether oxygens (including phenoxy) is 1. The molecule has 0 unspecified atom stereocenters. The number of fused-ring (bicyclic) bond motifs is 2. The van der Waals surface area contributed by atoms with Crippen LogP contribution in [-0.2, 0) is 11.2 Å². The van der Waals surface area contributed by atoms with Crippen LogP contribution >= 0.6 is 23.1 Å². The molecule has 0 radical (unpaired) electrons. The molecule has 6 nitrogen and oxygen atoms in total. The lowest BCUT2D eigenvalue weighted by atomic mass is 9.94. The minimum atomic E-state index is -0.324. The molecule has 1 aromatic carbocycles. The second-order valence-corrected chi connectivity index (χ2v) is 10.3. The quantitative estimate of drug-likeness (QED) is 0.480. The largest absolute Gasteiger partial charge is 0.468 e. The lowest BCUT2D eigenvalue weighted by Crippen LogP contribution is -2.22. The van der Waals surface area contributed by atoms with Gasteiger partial charge in [-0.1, -0.05) is 11.8 Å². The number of thioether (sulfide) groups is 1. The highest BCUT2D eigenvalue weighted by atomic mass is 32.2. The summed E-state index contributed by atoms with van der Waals surface area (Å²) in [6.07, 6.45) is 4.25. The minimum absolute atomic E-state index is 0.0219. The topological polar surface area (TPSA) is 81.4 Å². The lowest BCUT2D eigenvalue weighted by molar-refractivity contribution is 0.0206. The van der Waals surface area contributed by atoms with Crippen LogP contribution in [0.15, 0.2) is 33.2 Å². The number of aryl methyl sites for hydroxylation is 1. The number of aromatic nitrogens is 1. The molecular weight excluding hydrogens is 420 g/mol. The Morgan fingerprint density at radius 1 is 1.37 bits per heavy atom. The Morgan fingerprint density at radius 3 is 3.00 bits per heavy atom. The molecule has 4 rings (SSSR count). The fraction of sp³-hybridized carbons (Fsp3) is 0.409. The molecule has 1 aliphatic rings. The summed E-state index contributed by atoms with van der Waals surface area (Å²) in [5, 5.41) is 2.89.